The summed E-state index contributed by atoms with van der Waals surface area (Å²) in [6.45, 7) is 2.73. The van der Waals surface area contributed by atoms with Crippen LogP contribution in [0.1, 0.15) is 6.92 Å². The van der Waals surface area contributed by atoms with E-state index in [1.165, 1.54) is 16.8 Å². The lowest BCUT2D eigenvalue weighted by Crippen LogP contribution is -2.61. The summed E-state index contributed by atoms with van der Waals surface area (Å²) in [6.07, 6.45) is 2.97. The van der Waals surface area contributed by atoms with Gasteiger partial charge in [0.05, 0.1) is 37.5 Å². The Morgan fingerprint density at radius 1 is 1.35 bits per heavy atom. The molecule has 0 unspecified atom stereocenters. The molecular formula is C14H20N2O6S. The van der Waals surface area contributed by atoms with E-state index in [2.05, 4.69) is 0 Å². The molecule has 2 aliphatic rings. The summed E-state index contributed by atoms with van der Waals surface area (Å²) in [5.74, 6) is -0.167. The lowest BCUT2D eigenvalue weighted by atomic mass is 10.0. The third kappa shape index (κ3) is 3.27. The first-order chi connectivity index (χ1) is 11.0. The second kappa shape index (κ2) is 6.23. The van der Waals surface area contributed by atoms with E-state index in [9.17, 15) is 13.2 Å². The van der Waals surface area contributed by atoms with Crippen LogP contribution in [0.4, 0.5) is 5.69 Å². The standard InChI is InChI=1S/C14H20N2O6S/c1-2-23(18,19)15-4-6-21-11-14(9-15)10-16(13(17)8-22-14)12-3-5-20-7-12/h3,5,7H,2,4,6,8-11H2,1H3/t14-/m1/s1. The number of anilines is 1. The molecule has 1 atom stereocenters. The van der Waals surface area contributed by atoms with E-state index < -0.39 is 15.6 Å². The number of hydrogen-bond acceptors (Lipinski definition) is 6. The Kier molecular flexibility index (Phi) is 4.45. The van der Waals surface area contributed by atoms with E-state index in [1.807, 2.05) is 0 Å². The Labute approximate surface area is 135 Å². The second-order valence-corrected chi connectivity index (χ2v) is 7.98. The summed E-state index contributed by atoms with van der Waals surface area (Å²) in [6, 6.07) is 1.69. The van der Waals surface area contributed by atoms with Crippen molar-refractivity contribution < 1.29 is 27.1 Å². The fourth-order valence-corrected chi connectivity index (χ4v) is 3.98. The quantitative estimate of drug-likeness (QED) is 0.770. The van der Waals surface area contributed by atoms with Gasteiger partial charge < -0.3 is 18.8 Å². The molecule has 1 aromatic rings. The molecule has 2 saturated heterocycles. The SMILES string of the molecule is CCS(=O)(=O)N1CCOC[C@]2(CN(c3ccoc3)C(=O)CO2)C1. The molecule has 0 aliphatic carbocycles. The predicted molar refractivity (Wildman–Crippen MR) is 81.6 cm³/mol. The maximum Gasteiger partial charge on any atom is 0.253 e. The topological polar surface area (TPSA) is 89.3 Å². The van der Waals surface area contributed by atoms with Gasteiger partial charge in [-0.25, -0.2) is 8.42 Å². The van der Waals surface area contributed by atoms with Crippen LogP contribution in [0.25, 0.3) is 0 Å². The van der Waals surface area contributed by atoms with Crippen LogP contribution in [0.5, 0.6) is 0 Å². The highest BCUT2D eigenvalue weighted by atomic mass is 32.2. The molecule has 2 aliphatic heterocycles. The van der Waals surface area contributed by atoms with Crippen LogP contribution in [0.3, 0.4) is 0 Å². The monoisotopic (exact) mass is 344 g/mol. The summed E-state index contributed by atoms with van der Waals surface area (Å²) in [7, 11) is -3.35. The number of carbonyl (C=O) groups is 1. The maximum absolute atomic E-state index is 12.2. The molecular weight excluding hydrogens is 324 g/mol. The lowest BCUT2D eigenvalue weighted by Gasteiger charge is -2.42. The zero-order chi connectivity index (χ0) is 16.5. The molecule has 0 saturated carbocycles. The lowest BCUT2D eigenvalue weighted by molar-refractivity contribution is -0.145. The van der Waals surface area contributed by atoms with Gasteiger partial charge in [0.1, 0.15) is 18.5 Å². The predicted octanol–water partition coefficient (Wildman–Crippen LogP) is 0.0635. The number of furan rings is 1. The zero-order valence-corrected chi connectivity index (χ0v) is 13.8. The van der Waals surface area contributed by atoms with Crippen LogP contribution in [-0.2, 0) is 24.3 Å². The van der Waals surface area contributed by atoms with Crippen LogP contribution >= 0.6 is 0 Å². The molecule has 0 N–H and O–H groups in total. The summed E-state index contributed by atoms with van der Waals surface area (Å²) in [4.78, 5) is 13.7. The molecule has 1 amide bonds. The minimum absolute atomic E-state index is 0.0213. The van der Waals surface area contributed by atoms with E-state index in [4.69, 9.17) is 13.9 Å². The number of amides is 1. The van der Waals surface area contributed by atoms with Gasteiger partial charge in [-0.05, 0) is 6.92 Å². The molecule has 0 aromatic carbocycles. The van der Waals surface area contributed by atoms with Crippen molar-refractivity contribution in [3.63, 3.8) is 0 Å². The molecule has 23 heavy (non-hydrogen) atoms. The molecule has 1 spiro atoms. The van der Waals surface area contributed by atoms with Crippen molar-refractivity contribution in [1.82, 2.24) is 4.31 Å². The highest BCUT2D eigenvalue weighted by molar-refractivity contribution is 7.89. The van der Waals surface area contributed by atoms with Crippen molar-refractivity contribution >= 4 is 21.6 Å². The Hall–Kier alpha value is -1.42. The number of ether oxygens (including phenoxy) is 2. The summed E-state index contributed by atoms with van der Waals surface area (Å²) in [5, 5.41) is 0. The average Bonchev–Trinajstić information content (AvgIpc) is 2.99. The molecule has 0 bridgehead atoms. The number of nitrogens with zero attached hydrogens (tertiary/aromatic N) is 2. The van der Waals surface area contributed by atoms with E-state index >= 15 is 0 Å². The van der Waals surface area contributed by atoms with Crippen molar-refractivity contribution in [3.8, 4) is 0 Å². The van der Waals surface area contributed by atoms with E-state index in [-0.39, 0.29) is 38.0 Å². The van der Waals surface area contributed by atoms with Crippen LogP contribution in [-0.4, -0.2) is 69.4 Å². The van der Waals surface area contributed by atoms with Crippen LogP contribution < -0.4 is 4.90 Å². The third-order valence-corrected chi connectivity index (χ3v) is 5.97. The molecule has 128 valence electrons. The number of rotatable bonds is 3. The van der Waals surface area contributed by atoms with Gasteiger partial charge in [0.25, 0.3) is 5.91 Å². The Morgan fingerprint density at radius 3 is 2.87 bits per heavy atom. The Balaban J connectivity index is 1.86. The maximum atomic E-state index is 12.2. The first-order valence-electron chi connectivity index (χ1n) is 7.48. The number of sulfonamides is 1. The summed E-state index contributed by atoms with van der Waals surface area (Å²) < 4.78 is 42.2. The van der Waals surface area contributed by atoms with Crippen LogP contribution in [0, 0.1) is 0 Å². The minimum atomic E-state index is -3.35. The normalized spacial score (nSPS) is 27.3. The molecule has 2 fully saturated rings. The Bertz CT molecular complexity index is 659. The molecule has 8 nitrogen and oxygen atoms in total. The van der Waals surface area contributed by atoms with Gasteiger partial charge in [0.2, 0.25) is 10.0 Å². The van der Waals surface area contributed by atoms with Crippen molar-refractivity contribution in [1.29, 1.82) is 0 Å². The molecule has 9 heteroatoms. The van der Waals surface area contributed by atoms with Crippen LogP contribution in [0.2, 0.25) is 0 Å². The summed E-state index contributed by atoms with van der Waals surface area (Å²) in [5.41, 5.74) is -0.240. The fourth-order valence-electron chi connectivity index (χ4n) is 2.83. The van der Waals surface area contributed by atoms with Gasteiger partial charge in [-0.1, -0.05) is 0 Å². The fraction of sp³-hybridized carbons (Fsp3) is 0.643. The number of carbonyl (C=O) groups excluding carboxylic acids is 1. The van der Waals surface area contributed by atoms with Crippen molar-refractivity contribution in [2.45, 2.75) is 12.5 Å². The van der Waals surface area contributed by atoms with E-state index in [0.29, 0.717) is 18.8 Å². The molecule has 3 heterocycles. The van der Waals surface area contributed by atoms with Gasteiger partial charge in [-0.3, -0.25) is 4.79 Å². The second-order valence-electron chi connectivity index (χ2n) is 5.72. The number of morpholine rings is 1. The minimum Gasteiger partial charge on any atom is -0.470 e. The van der Waals surface area contributed by atoms with Crippen molar-refractivity contribution in [3.05, 3.63) is 18.6 Å². The van der Waals surface area contributed by atoms with Gasteiger partial charge in [0.15, 0.2) is 0 Å². The summed E-state index contributed by atoms with van der Waals surface area (Å²) >= 11 is 0. The van der Waals surface area contributed by atoms with Crippen LogP contribution in [0.15, 0.2) is 23.0 Å². The van der Waals surface area contributed by atoms with E-state index in [0.717, 1.165) is 0 Å². The van der Waals surface area contributed by atoms with Gasteiger partial charge in [0, 0.05) is 19.2 Å². The third-order valence-electron chi connectivity index (χ3n) is 4.14. The Morgan fingerprint density at radius 2 is 2.17 bits per heavy atom. The highest BCUT2D eigenvalue weighted by Gasteiger charge is 2.45. The van der Waals surface area contributed by atoms with Gasteiger partial charge in [-0.2, -0.15) is 4.31 Å². The number of hydrogen-bond donors (Lipinski definition) is 0. The van der Waals surface area contributed by atoms with Crippen molar-refractivity contribution in [2.75, 3.05) is 50.1 Å². The first-order valence-corrected chi connectivity index (χ1v) is 9.09. The first kappa shape index (κ1) is 16.4. The van der Waals surface area contributed by atoms with Gasteiger partial charge in [-0.15, -0.1) is 0 Å². The largest absolute Gasteiger partial charge is 0.470 e. The molecule has 0 radical (unpaired) electrons. The zero-order valence-electron chi connectivity index (χ0n) is 12.9. The van der Waals surface area contributed by atoms with Gasteiger partial charge >= 0.3 is 0 Å². The van der Waals surface area contributed by atoms with Crippen molar-refractivity contribution in [2.24, 2.45) is 0 Å². The molecule has 3 rings (SSSR count). The average molecular weight is 344 g/mol. The molecule has 1 aromatic heterocycles. The van der Waals surface area contributed by atoms with E-state index in [1.54, 1.807) is 17.9 Å². The smallest absolute Gasteiger partial charge is 0.253 e. The highest BCUT2D eigenvalue weighted by Crippen LogP contribution is 2.28.